The van der Waals surface area contributed by atoms with E-state index in [0.29, 0.717) is 27.9 Å². The van der Waals surface area contributed by atoms with Crippen molar-refractivity contribution in [2.75, 3.05) is 31.1 Å². The van der Waals surface area contributed by atoms with Crippen molar-refractivity contribution in [1.82, 2.24) is 56.5 Å². The number of aliphatic imine (C=N–C) groups is 1. The Kier molecular flexibility index (Phi) is 17.5. The van der Waals surface area contributed by atoms with Crippen LogP contribution in [-0.2, 0) is 38.4 Å². The number of carbonyl (C=O) groups excluding carboxylic acids is 8. The zero-order valence-electron chi connectivity index (χ0n) is 43.8. The molecule has 3 aliphatic heterocycles. The summed E-state index contributed by atoms with van der Waals surface area (Å²) in [5.74, 6) is -5.92. The number of carbonyl (C=O) groups is 8. The Morgan fingerprint density at radius 2 is 1.59 bits per heavy atom. The number of thiazole rings is 1. The van der Waals surface area contributed by atoms with Gasteiger partial charge in [0.15, 0.2) is 5.82 Å². The molecule has 0 saturated carbocycles. The Labute approximate surface area is 466 Å². The highest BCUT2D eigenvalue weighted by molar-refractivity contribution is 8.00. The lowest BCUT2D eigenvalue weighted by Crippen LogP contribution is -2.58. The average molecular weight is 1140 g/mol. The van der Waals surface area contributed by atoms with Crippen LogP contribution in [0.3, 0.4) is 0 Å². The SMILES string of the molecule is Cc1ncsc1-c1ccc([C@H]2NC(=O)[C@@H]3C[C@H](O)CN3C(=O)[C@H](C(C)(C)C)NC(=O)CSC[C@H](C(N)=O)NC(=O)[C@@H](CNC(=O)C[C@@H]3N=C(c4ccc(Cl)cc4)c4c(sc(C)c4C)-n4c(C)nnc43)NC(=O)CNC2=O)cc1. The molecule has 22 nitrogen and oxygen atoms in total. The van der Waals surface area contributed by atoms with Crippen molar-refractivity contribution in [1.29, 1.82) is 0 Å². The number of aliphatic hydroxyl groups excluding tert-OH is 1. The van der Waals surface area contributed by atoms with Crippen LogP contribution < -0.4 is 37.6 Å². The van der Waals surface area contributed by atoms with Crippen LogP contribution in [0.25, 0.3) is 15.4 Å². The van der Waals surface area contributed by atoms with E-state index in [0.717, 1.165) is 54.5 Å². The van der Waals surface area contributed by atoms with Gasteiger partial charge in [0.05, 0.1) is 46.6 Å². The number of thioether (sulfide) groups is 1. The fourth-order valence-corrected chi connectivity index (χ4v) is 12.3. The number of halogens is 1. The summed E-state index contributed by atoms with van der Waals surface area (Å²) in [4.78, 5) is 124. The highest BCUT2D eigenvalue weighted by Gasteiger charge is 2.45. The minimum Gasteiger partial charge on any atom is -0.391 e. The molecule has 7 atom stereocenters. The van der Waals surface area contributed by atoms with Crippen LogP contribution >= 0.6 is 46.0 Å². The number of fused-ring (bicyclic) bond motifs is 4. The van der Waals surface area contributed by atoms with Crippen LogP contribution in [0.15, 0.2) is 59.0 Å². The van der Waals surface area contributed by atoms with Gasteiger partial charge in [0.2, 0.25) is 47.3 Å². The largest absolute Gasteiger partial charge is 0.391 e. The Balaban J connectivity index is 1.08. The third-order valence-corrected chi connectivity index (χ3v) is 17.0. The maximum Gasteiger partial charge on any atom is 0.247 e. The minimum absolute atomic E-state index is 0.180. The predicted octanol–water partition coefficient (Wildman–Crippen LogP) is 2.41. The molecule has 26 heteroatoms. The molecule has 2 saturated heterocycles. The number of nitrogens with zero attached hydrogens (tertiary/aromatic N) is 6. The molecule has 412 valence electrons. The second-order valence-corrected chi connectivity index (χ2v) is 23.8. The molecule has 6 heterocycles. The van der Waals surface area contributed by atoms with Gasteiger partial charge >= 0.3 is 0 Å². The lowest BCUT2D eigenvalue weighted by atomic mass is 9.85. The molecule has 5 aromatic rings. The minimum atomic E-state index is -1.58. The lowest BCUT2D eigenvalue weighted by molar-refractivity contribution is -0.144. The van der Waals surface area contributed by atoms with E-state index < -0.39 is 108 Å². The van der Waals surface area contributed by atoms with Gasteiger partial charge in [-0.15, -0.1) is 44.6 Å². The number of amides is 8. The number of aryl methyl sites for hydroxylation is 3. The van der Waals surface area contributed by atoms with E-state index in [4.69, 9.17) is 22.3 Å². The summed E-state index contributed by atoms with van der Waals surface area (Å²) >= 11 is 10.2. The van der Waals surface area contributed by atoms with Crippen molar-refractivity contribution in [2.45, 2.75) is 104 Å². The zero-order chi connectivity index (χ0) is 56.3. The number of aliphatic hydroxyl groups is 1. The first kappa shape index (κ1) is 57.1. The second-order valence-electron chi connectivity index (χ2n) is 20.3. The smallest absolute Gasteiger partial charge is 0.247 e. The molecular weight excluding hydrogens is 1080 g/mol. The van der Waals surface area contributed by atoms with Gasteiger partial charge in [-0.2, -0.15) is 0 Å². The molecule has 0 unspecified atom stereocenters. The summed E-state index contributed by atoms with van der Waals surface area (Å²) in [6.45, 7) is 11.3. The molecule has 2 fully saturated rings. The number of primary amides is 1. The number of aromatic nitrogens is 4. The highest BCUT2D eigenvalue weighted by atomic mass is 35.5. The normalized spacial score (nSPS) is 23.0. The van der Waals surface area contributed by atoms with Crippen molar-refractivity contribution in [3.05, 3.63) is 104 Å². The number of thiophene rings is 1. The average Bonchev–Trinajstić information content (AvgIpc) is 4.24. The number of nitrogens with two attached hydrogens (primary N) is 1. The maximum absolute atomic E-state index is 14.4. The van der Waals surface area contributed by atoms with E-state index in [1.807, 2.05) is 37.5 Å². The van der Waals surface area contributed by atoms with Gasteiger partial charge in [0.1, 0.15) is 47.1 Å². The molecule has 2 aromatic carbocycles. The van der Waals surface area contributed by atoms with E-state index >= 15 is 0 Å². The molecule has 9 N–H and O–H groups in total. The lowest BCUT2D eigenvalue weighted by Gasteiger charge is -2.35. The van der Waals surface area contributed by atoms with Crippen LogP contribution in [0.1, 0.15) is 90.2 Å². The highest BCUT2D eigenvalue weighted by Crippen LogP contribution is 2.40. The Hall–Kier alpha value is -7.06. The van der Waals surface area contributed by atoms with Crippen LogP contribution in [0, 0.1) is 33.1 Å². The predicted molar refractivity (Wildman–Crippen MR) is 295 cm³/mol. The standard InChI is InChI=1S/C52H60ClN13O9S3/c1-24-26(3)78-51-40(24)41(28-12-14-31(53)15-13-28)59-33(46-64-63-27(4)66(46)51)17-37(68)55-18-34-47(72)60-35(45(54)71)21-76-22-39(70)61-44(52(5,6)7)50(75)65-20-32(67)16-36(65)48(73)62-42(49(74)56-19-38(69)58-34)29-8-10-30(11-9-29)43-25(2)57-23-77-43/h8-15,23,32-36,42,44,67H,16-22H2,1-7H3,(H2,54,71)(H,55,68)(H,56,74)(H,58,69)(H,60,72)(H,61,70)(H,62,73)/t32-,33-,34+,35+,36-,42+,44+/m0/s1. The van der Waals surface area contributed by atoms with E-state index in [-0.39, 0.29) is 30.9 Å². The summed E-state index contributed by atoms with van der Waals surface area (Å²) in [5.41, 5.74) is 11.6. The van der Waals surface area contributed by atoms with Crippen molar-refractivity contribution in [3.63, 3.8) is 0 Å². The molecule has 0 aliphatic carbocycles. The van der Waals surface area contributed by atoms with Crippen LogP contribution in [0.5, 0.6) is 0 Å². The van der Waals surface area contributed by atoms with E-state index in [9.17, 15) is 43.5 Å². The Morgan fingerprint density at radius 3 is 2.26 bits per heavy atom. The molecule has 8 rings (SSSR count). The number of benzene rings is 2. The van der Waals surface area contributed by atoms with Gasteiger partial charge in [-0.1, -0.05) is 68.8 Å². The molecule has 3 aromatic heterocycles. The molecule has 0 bridgehead atoms. The van der Waals surface area contributed by atoms with E-state index in [1.54, 1.807) is 69.6 Å². The van der Waals surface area contributed by atoms with Crippen molar-refractivity contribution >= 4 is 99.0 Å². The first-order chi connectivity index (χ1) is 37.0. The molecule has 3 aliphatic rings. The second kappa shape index (κ2) is 23.9. The number of hydrogen-bond acceptors (Lipinski definition) is 16. The van der Waals surface area contributed by atoms with Crippen LogP contribution in [-0.4, -0.2) is 144 Å². The first-order valence-electron chi connectivity index (χ1n) is 24.9. The van der Waals surface area contributed by atoms with Crippen molar-refractivity contribution in [3.8, 4) is 15.4 Å². The quantitative estimate of drug-likeness (QED) is 0.111. The van der Waals surface area contributed by atoms with Crippen molar-refractivity contribution in [2.24, 2.45) is 16.1 Å². The van der Waals surface area contributed by atoms with Gasteiger partial charge in [-0.3, -0.25) is 47.9 Å². The Bertz CT molecular complexity index is 3190. The van der Waals surface area contributed by atoms with Gasteiger partial charge in [0, 0.05) is 46.3 Å². The van der Waals surface area contributed by atoms with Gasteiger partial charge < -0.3 is 47.6 Å². The fourth-order valence-electron chi connectivity index (χ4n) is 9.32. The van der Waals surface area contributed by atoms with E-state index in [2.05, 4.69) is 47.1 Å². The van der Waals surface area contributed by atoms with Crippen LogP contribution in [0.2, 0.25) is 5.02 Å². The third kappa shape index (κ3) is 12.8. The molecule has 8 amide bonds. The van der Waals surface area contributed by atoms with Crippen LogP contribution in [0.4, 0.5) is 0 Å². The molecule has 78 heavy (non-hydrogen) atoms. The topological polar surface area (TPSA) is 314 Å². The molecular formula is C52H60ClN13O9S3. The maximum atomic E-state index is 14.4. The zero-order valence-corrected chi connectivity index (χ0v) is 47.0. The monoisotopic (exact) mass is 1140 g/mol. The first-order valence-corrected chi connectivity index (χ1v) is 28.2. The third-order valence-electron chi connectivity index (χ3n) is 13.6. The molecule has 0 spiro atoms. The van der Waals surface area contributed by atoms with Gasteiger partial charge in [-0.25, -0.2) is 4.98 Å². The summed E-state index contributed by atoms with van der Waals surface area (Å²) < 4.78 is 1.87. The summed E-state index contributed by atoms with van der Waals surface area (Å²) in [6, 6.07) is 6.10. The van der Waals surface area contributed by atoms with Gasteiger partial charge in [0.25, 0.3) is 0 Å². The van der Waals surface area contributed by atoms with Crippen molar-refractivity contribution < 1.29 is 43.5 Å². The summed E-state index contributed by atoms with van der Waals surface area (Å²) in [5, 5.41) is 36.9. The van der Waals surface area contributed by atoms with E-state index in [1.165, 1.54) is 27.6 Å². The number of nitrogens with one attached hydrogen (secondary N) is 6. The fraction of sp³-hybridized carbons (Fsp3) is 0.423. The number of rotatable bonds is 8. The Morgan fingerprint density at radius 1 is 0.885 bits per heavy atom. The van der Waals surface area contributed by atoms with Gasteiger partial charge in [-0.05, 0) is 61.9 Å². The molecule has 0 radical (unpaired) electrons. The summed E-state index contributed by atoms with van der Waals surface area (Å²) in [7, 11) is 0. The number of hydrogen-bond donors (Lipinski definition) is 8. The summed E-state index contributed by atoms with van der Waals surface area (Å²) in [6.07, 6.45) is -1.59.